The number of nitrogens with one attached hydrogen (secondary N) is 1. The number of nitrogens with two attached hydrogens (primary N) is 1. The third-order valence-corrected chi connectivity index (χ3v) is 5.79. The Morgan fingerprint density at radius 1 is 1.38 bits per heavy atom. The number of hydrogen-bond donors (Lipinski definition) is 2. The van der Waals surface area contributed by atoms with Crippen LogP contribution in [0.3, 0.4) is 0 Å². The highest BCUT2D eigenvalue weighted by Gasteiger charge is 2.08. The quantitative estimate of drug-likeness (QED) is 0.545. The van der Waals surface area contributed by atoms with Crippen molar-refractivity contribution in [1.82, 2.24) is 4.98 Å². The van der Waals surface area contributed by atoms with Crippen LogP contribution in [0.4, 0.5) is 10.8 Å². The fourth-order valence-electron chi connectivity index (χ4n) is 1.77. The van der Waals surface area contributed by atoms with E-state index in [4.69, 9.17) is 5.73 Å². The van der Waals surface area contributed by atoms with Gasteiger partial charge in [0.1, 0.15) is 0 Å². The second-order valence-corrected chi connectivity index (χ2v) is 7.70. The molecule has 4 nitrogen and oxygen atoms in total. The molecule has 0 saturated heterocycles. The molecule has 1 amide bonds. The van der Waals surface area contributed by atoms with Crippen LogP contribution in [0.25, 0.3) is 10.2 Å². The lowest BCUT2D eigenvalue weighted by molar-refractivity contribution is -0.115. The lowest BCUT2D eigenvalue weighted by atomic mass is 10.3. The lowest BCUT2D eigenvalue weighted by Gasteiger charge is -2.00. The number of thioether (sulfide) groups is 1. The third kappa shape index (κ3) is 3.75. The number of nitrogen functional groups attached to an aromatic ring is 1. The zero-order valence-electron chi connectivity index (χ0n) is 11.0. The van der Waals surface area contributed by atoms with Gasteiger partial charge < -0.3 is 11.1 Å². The predicted octanol–water partition coefficient (Wildman–Crippen LogP) is 4.06. The minimum Gasteiger partial charge on any atom is -0.399 e. The first-order chi connectivity index (χ1) is 10.2. The van der Waals surface area contributed by atoms with Gasteiger partial charge in [0.15, 0.2) is 5.13 Å². The molecule has 0 aliphatic heterocycles. The fourth-order valence-corrected chi connectivity index (χ4v) is 4.50. The molecule has 0 saturated carbocycles. The summed E-state index contributed by atoms with van der Waals surface area (Å²) in [5, 5.41) is 5.51. The van der Waals surface area contributed by atoms with Crippen LogP contribution in [0.5, 0.6) is 0 Å². The van der Waals surface area contributed by atoms with E-state index in [1.165, 1.54) is 15.5 Å². The molecule has 0 spiro atoms. The van der Waals surface area contributed by atoms with Crippen LogP contribution in [0.15, 0.2) is 39.9 Å². The normalized spacial score (nSPS) is 10.9. The highest BCUT2D eigenvalue weighted by atomic mass is 32.2. The number of thiazole rings is 1. The van der Waals surface area contributed by atoms with Crippen molar-refractivity contribution in [3.05, 3.63) is 35.7 Å². The molecule has 3 aromatic rings. The Hall–Kier alpha value is -1.57. The van der Waals surface area contributed by atoms with Crippen molar-refractivity contribution in [3.8, 4) is 0 Å². The summed E-state index contributed by atoms with van der Waals surface area (Å²) >= 11 is 4.83. The molecule has 3 rings (SSSR count). The van der Waals surface area contributed by atoms with Crippen LogP contribution in [-0.4, -0.2) is 16.6 Å². The van der Waals surface area contributed by atoms with Gasteiger partial charge in [0.2, 0.25) is 5.91 Å². The van der Waals surface area contributed by atoms with Crippen molar-refractivity contribution >= 4 is 61.4 Å². The van der Waals surface area contributed by atoms with E-state index >= 15 is 0 Å². The molecule has 2 aromatic heterocycles. The average molecular weight is 335 g/mol. The molecule has 0 atom stereocenters. The van der Waals surface area contributed by atoms with Gasteiger partial charge in [-0.2, -0.15) is 0 Å². The first kappa shape index (κ1) is 14.4. The largest absolute Gasteiger partial charge is 0.399 e. The summed E-state index contributed by atoms with van der Waals surface area (Å²) in [4.78, 5) is 16.3. The van der Waals surface area contributed by atoms with Crippen molar-refractivity contribution < 1.29 is 4.79 Å². The Bertz CT molecular complexity index is 752. The Balaban J connectivity index is 1.55. The van der Waals surface area contributed by atoms with Crippen molar-refractivity contribution in [1.29, 1.82) is 0 Å². The monoisotopic (exact) mass is 335 g/mol. The summed E-state index contributed by atoms with van der Waals surface area (Å²) in [6.45, 7) is 0. The number of carbonyl (C=O) groups is 1. The first-order valence-electron chi connectivity index (χ1n) is 6.33. The highest BCUT2D eigenvalue weighted by Crippen LogP contribution is 2.28. The van der Waals surface area contributed by atoms with Gasteiger partial charge in [0.25, 0.3) is 0 Å². The van der Waals surface area contributed by atoms with E-state index in [2.05, 4.69) is 16.4 Å². The zero-order valence-corrected chi connectivity index (χ0v) is 13.5. The van der Waals surface area contributed by atoms with Gasteiger partial charge in [0.05, 0.1) is 14.4 Å². The Morgan fingerprint density at radius 3 is 3.10 bits per heavy atom. The van der Waals surface area contributed by atoms with E-state index < -0.39 is 0 Å². The second-order valence-electron chi connectivity index (χ2n) is 4.32. The number of benzene rings is 1. The highest BCUT2D eigenvalue weighted by molar-refractivity contribution is 8.01. The van der Waals surface area contributed by atoms with Crippen LogP contribution in [0, 0.1) is 0 Å². The first-order valence-corrected chi connectivity index (χ1v) is 9.01. The van der Waals surface area contributed by atoms with E-state index in [1.54, 1.807) is 23.1 Å². The maximum Gasteiger partial charge on any atom is 0.226 e. The number of thiophene rings is 1. The van der Waals surface area contributed by atoms with Crippen molar-refractivity contribution in [2.75, 3.05) is 16.8 Å². The average Bonchev–Trinajstić information content (AvgIpc) is 3.07. The molecule has 0 aliphatic rings. The maximum atomic E-state index is 11.9. The summed E-state index contributed by atoms with van der Waals surface area (Å²) in [6.07, 6.45) is 0.473. The summed E-state index contributed by atoms with van der Waals surface area (Å²) < 4.78 is 2.22. The molecular formula is C14H13N3OS3. The number of carbonyl (C=O) groups excluding carboxylic acids is 1. The van der Waals surface area contributed by atoms with E-state index in [9.17, 15) is 4.79 Å². The van der Waals surface area contributed by atoms with Gasteiger partial charge in [0, 0.05) is 17.9 Å². The molecule has 0 unspecified atom stereocenters. The third-order valence-electron chi connectivity index (χ3n) is 2.73. The smallest absolute Gasteiger partial charge is 0.226 e. The topological polar surface area (TPSA) is 68.0 Å². The Kier molecular flexibility index (Phi) is 4.42. The number of rotatable bonds is 5. The van der Waals surface area contributed by atoms with E-state index in [-0.39, 0.29) is 5.91 Å². The number of aromatic nitrogens is 1. The van der Waals surface area contributed by atoms with Crippen LogP contribution < -0.4 is 11.1 Å². The summed E-state index contributed by atoms with van der Waals surface area (Å²) in [6, 6.07) is 9.62. The maximum absolute atomic E-state index is 11.9. The molecule has 108 valence electrons. The van der Waals surface area contributed by atoms with E-state index in [1.807, 2.05) is 29.6 Å². The van der Waals surface area contributed by atoms with Crippen LogP contribution >= 0.6 is 34.4 Å². The standard InChI is InChI=1S/C14H13N3OS3/c15-9-3-4-10-11(8-9)21-14(16-10)17-12(18)5-7-20-13-2-1-6-19-13/h1-4,6,8H,5,7,15H2,(H,16,17,18). The van der Waals surface area contributed by atoms with Gasteiger partial charge in [-0.25, -0.2) is 4.98 Å². The fraction of sp³-hybridized carbons (Fsp3) is 0.143. The minimum atomic E-state index is -0.00826. The van der Waals surface area contributed by atoms with Gasteiger partial charge in [-0.05, 0) is 29.6 Å². The van der Waals surface area contributed by atoms with Crippen molar-refractivity contribution in [2.45, 2.75) is 10.6 Å². The molecular weight excluding hydrogens is 322 g/mol. The Morgan fingerprint density at radius 2 is 2.29 bits per heavy atom. The predicted molar refractivity (Wildman–Crippen MR) is 92.3 cm³/mol. The summed E-state index contributed by atoms with van der Waals surface area (Å²) in [7, 11) is 0. The molecule has 1 aromatic carbocycles. The number of fused-ring (bicyclic) bond motifs is 1. The molecule has 2 heterocycles. The summed E-state index contributed by atoms with van der Waals surface area (Å²) in [5.74, 6) is 0.760. The van der Waals surface area contributed by atoms with Crippen LogP contribution in [0.1, 0.15) is 6.42 Å². The number of nitrogens with zero attached hydrogens (tertiary/aromatic N) is 1. The molecule has 21 heavy (non-hydrogen) atoms. The summed E-state index contributed by atoms with van der Waals surface area (Å²) in [5.41, 5.74) is 7.30. The van der Waals surface area contributed by atoms with E-state index in [0.717, 1.165) is 16.0 Å². The van der Waals surface area contributed by atoms with Crippen LogP contribution in [0.2, 0.25) is 0 Å². The lowest BCUT2D eigenvalue weighted by Crippen LogP contribution is -2.11. The van der Waals surface area contributed by atoms with Gasteiger partial charge in [-0.1, -0.05) is 17.4 Å². The van der Waals surface area contributed by atoms with Crippen molar-refractivity contribution in [3.63, 3.8) is 0 Å². The minimum absolute atomic E-state index is 0.00826. The Labute approximate surface area is 134 Å². The number of amides is 1. The van der Waals surface area contributed by atoms with Gasteiger partial charge in [-0.15, -0.1) is 23.1 Å². The van der Waals surface area contributed by atoms with E-state index in [0.29, 0.717) is 17.2 Å². The molecule has 0 radical (unpaired) electrons. The number of anilines is 2. The van der Waals surface area contributed by atoms with Crippen LogP contribution in [-0.2, 0) is 4.79 Å². The SMILES string of the molecule is Nc1ccc2nc(NC(=O)CCSc3cccs3)sc2c1. The molecule has 0 aliphatic carbocycles. The molecule has 3 N–H and O–H groups in total. The molecule has 0 bridgehead atoms. The molecule has 0 fully saturated rings. The van der Waals surface area contributed by atoms with Crippen molar-refractivity contribution in [2.24, 2.45) is 0 Å². The molecule has 7 heteroatoms. The number of hydrogen-bond acceptors (Lipinski definition) is 6. The zero-order chi connectivity index (χ0) is 14.7. The van der Waals surface area contributed by atoms with Gasteiger partial charge in [-0.3, -0.25) is 4.79 Å². The second kappa shape index (κ2) is 6.46. The van der Waals surface area contributed by atoms with Gasteiger partial charge >= 0.3 is 0 Å².